The highest BCUT2D eigenvalue weighted by Gasteiger charge is 2.19. The zero-order chi connectivity index (χ0) is 21.1. The number of aromatic nitrogens is 4. The van der Waals surface area contributed by atoms with Gasteiger partial charge in [-0.2, -0.15) is 0 Å². The SMILES string of the molecule is CCOc1ccc(-n2c(SCc3c(C)noc3C)nnc2-c2ccccc2Cl)cc1. The minimum atomic E-state index is 0.620. The van der Waals surface area contributed by atoms with Crippen molar-refractivity contribution in [2.45, 2.75) is 31.7 Å². The standard InChI is InChI=1S/C22H21ClN4O2S/c1-4-28-17-11-9-16(10-12-17)27-21(18-7-5-6-8-20(18)23)24-25-22(27)30-13-19-14(2)26-29-15(19)3/h5-12H,4,13H2,1-3H3. The van der Waals surface area contributed by atoms with Gasteiger partial charge in [0.1, 0.15) is 11.5 Å². The summed E-state index contributed by atoms with van der Waals surface area (Å²) in [6.07, 6.45) is 0. The highest BCUT2D eigenvalue weighted by atomic mass is 35.5. The van der Waals surface area contributed by atoms with E-state index in [2.05, 4.69) is 15.4 Å². The Bertz CT molecular complexity index is 1130. The Labute approximate surface area is 184 Å². The highest BCUT2D eigenvalue weighted by molar-refractivity contribution is 7.98. The second-order valence-corrected chi connectivity index (χ2v) is 7.99. The van der Waals surface area contributed by atoms with Crippen LogP contribution in [0.5, 0.6) is 5.75 Å². The van der Waals surface area contributed by atoms with E-state index in [9.17, 15) is 0 Å². The predicted molar refractivity (Wildman–Crippen MR) is 119 cm³/mol. The van der Waals surface area contributed by atoms with Gasteiger partial charge in [-0.15, -0.1) is 10.2 Å². The van der Waals surface area contributed by atoms with Crippen LogP contribution in [0.4, 0.5) is 0 Å². The number of rotatable bonds is 7. The number of nitrogens with zero attached hydrogens (tertiary/aromatic N) is 4. The fraction of sp³-hybridized carbons (Fsp3) is 0.227. The summed E-state index contributed by atoms with van der Waals surface area (Å²) in [4.78, 5) is 0. The minimum absolute atomic E-state index is 0.620. The first-order valence-corrected chi connectivity index (χ1v) is 10.9. The van der Waals surface area contributed by atoms with Gasteiger partial charge in [0.15, 0.2) is 11.0 Å². The molecule has 0 aliphatic carbocycles. The van der Waals surface area contributed by atoms with Crippen molar-refractivity contribution in [3.8, 4) is 22.8 Å². The van der Waals surface area contributed by atoms with Gasteiger partial charge in [0.25, 0.3) is 0 Å². The molecule has 30 heavy (non-hydrogen) atoms. The molecule has 8 heteroatoms. The fourth-order valence-electron chi connectivity index (χ4n) is 3.12. The molecule has 2 heterocycles. The van der Waals surface area contributed by atoms with E-state index in [1.54, 1.807) is 11.8 Å². The molecule has 0 radical (unpaired) electrons. The maximum Gasteiger partial charge on any atom is 0.196 e. The number of hydrogen-bond acceptors (Lipinski definition) is 6. The lowest BCUT2D eigenvalue weighted by atomic mass is 10.2. The molecule has 0 amide bonds. The lowest BCUT2D eigenvalue weighted by Crippen LogP contribution is -2.01. The summed E-state index contributed by atoms with van der Waals surface area (Å²) in [6, 6.07) is 15.5. The third-order valence-electron chi connectivity index (χ3n) is 4.68. The van der Waals surface area contributed by atoms with Crippen LogP contribution in [0, 0.1) is 13.8 Å². The third-order valence-corrected chi connectivity index (χ3v) is 5.97. The van der Waals surface area contributed by atoms with Crippen LogP contribution in [-0.4, -0.2) is 26.5 Å². The van der Waals surface area contributed by atoms with E-state index in [4.69, 9.17) is 20.9 Å². The molecule has 2 aromatic heterocycles. The molecule has 4 rings (SSSR count). The van der Waals surface area contributed by atoms with Crippen molar-refractivity contribution >= 4 is 23.4 Å². The third kappa shape index (κ3) is 4.08. The van der Waals surface area contributed by atoms with Crippen LogP contribution in [0.15, 0.2) is 58.2 Å². The summed E-state index contributed by atoms with van der Waals surface area (Å²) in [5, 5.41) is 14.3. The van der Waals surface area contributed by atoms with Crippen molar-refractivity contribution in [3.05, 3.63) is 70.6 Å². The fourth-order valence-corrected chi connectivity index (χ4v) is 4.44. The molecule has 4 aromatic rings. The van der Waals surface area contributed by atoms with Crippen LogP contribution >= 0.6 is 23.4 Å². The van der Waals surface area contributed by atoms with Crippen molar-refractivity contribution in [2.24, 2.45) is 0 Å². The largest absolute Gasteiger partial charge is 0.494 e. The topological polar surface area (TPSA) is 66.0 Å². The average molecular weight is 441 g/mol. The number of ether oxygens (including phenoxy) is 1. The zero-order valence-corrected chi connectivity index (χ0v) is 18.5. The van der Waals surface area contributed by atoms with Crippen LogP contribution in [0.3, 0.4) is 0 Å². The molecule has 2 aromatic carbocycles. The second kappa shape index (κ2) is 8.93. The molecular formula is C22H21ClN4O2S. The number of aryl methyl sites for hydroxylation is 2. The number of benzene rings is 2. The maximum absolute atomic E-state index is 6.47. The predicted octanol–water partition coefficient (Wildman–Crippen LogP) is 5.88. The molecule has 0 bridgehead atoms. The molecule has 0 atom stereocenters. The van der Waals surface area contributed by atoms with Gasteiger partial charge in [-0.3, -0.25) is 4.57 Å². The number of thioether (sulfide) groups is 1. The Morgan fingerprint density at radius 2 is 1.83 bits per heavy atom. The van der Waals surface area contributed by atoms with Crippen LogP contribution in [-0.2, 0) is 5.75 Å². The van der Waals surface area contributed by atoms with Gasteiger partial charge in [-0.25, -0.2) is 0 Å². The molecule has 0 aliphatic rings. The average Bonchev–Trinajstić information content (AvgIpc) is 3.31. The smallest absolute Gasteiger partial charge is 0.196 e. The van der Waals surface area contributed by atoms with Crippen molar-refractivity contribution in [2.75, 3.05) is 6.61 Å². The van der Waals surface area contributed by atoms with Crippen LogP contribution in [0.25, 0.3) is 17.1 Å². The minimum Gasteiger partial charge on any atom is -0.494 e. The highest BCUT2D eigenvalue weighted by Crippen LogP contribution is 2.34. The van der Waals surface area contributed by atoms with E-state index in [0.717, 1.165) is 39.2 Å². The first-order valence-electron chi connectivity index (χ1n) is 9.56. The van der Waals surface area contributed by atoms with Gasteiger partial charge in [-0.1, -0.05) is 40.7 Å². The lowest BCUT2D eigenvalue weighted by Gasteiger charge is -2.12. The Kier molecular flexibility index (Phi) is 6.11. The first kappa shape index (κ1) is 20.5. The molecule has 0 saturated carbocycles. The van der Waals surface area contributed by atoms with Gasteiger partial charge < -0.3 is 9.26 Å². The summed E-state index contributed by atoms with van der Waals surface area (Å²) < 4.78 is 12.9. The molecule has 0 spiro atoms. The lowest BCUT2D eigenvalue weighted by molar-refractivity contribution is 0.340. The van der Waals surface area contributed by atoms with Crippen LogP contribution in [0.1, 0.15) is 23.9 Å². The van der Waals surface area contributed by atoms with Crippen molar-refractivity contribution in [3.63, 3.8) is 0 Å². The van der Waals surface area contributed by atoms with E-state index in [1.165, 1.54) is 0 Å². The molecule has 0 unspecified atom stereocenters. The molecule has 0 fully saturated rings. The number of halogens is 1. The number of hydrogen-bond donors (Lipinski definition) is 0. The molecule has 154 valence electrons. The van der Waals surface area contributed by atoms with Crippen molar-refractivity contribution in [1.29, 1.82) is 0 Å². The Balaban J connectivity index is 1.75. The summed E-state index contributed by atoms with van der Waals surface area (Å²) in [7, 11) is 0. The van der Waals surface area contributed by atoms with E-state index >= 15 is 0 Å². The van der Waals surface area contributed by atoms with Crippen LogP contribution in [0.2, 0.25) is 5.02 Å². The molecule has 0 aliphatic heterocycles. The summed E-state index contributed by atoms with van der Waals surface area (Å²) >= 11 is 8.04. The Hall–Kier alpha value is -2.77. The van der Waals surface area contributed by atoms with Crippen molar-refractivity contribution in [1.82, 2.24) is 19.9 Å². The van der Waals surface area contributed by atoms with Gasteiger partial charge in [0, 0.05) is 22.6 Å². The van der Waals surface area contributed by atoms with Crippen LogP contribution < -0.4 is 4.74 Å². The zero-order valence-electron chi connectivity index (χ0n) is 16.9. The quantitative estimate of drug-likeness (QED) is 0.334. The molecule has 6 nitrogen and oxygen atoms in total. The van der Waals surface area contributed by atoms with Gasteiger partial charge in [-0.05, 0) is 57.2 Å². The second-order valence-electron chi connectivity index (χ2n) is 6.64. The normalized spacial score (nSPS) is 11.1. The monoisotopic (exact) mass is 440 g/mol. The Morgan fingerprint density at radius 1 is 1.07 bits per heavy atom. The Morgan fingerprint density at radius 3 is 2.50 bits per heavy atom. The van der Waals surface area contributed by atoms with Gasteiger partial charge >= 0.3 is 0 Å². The molecule has 0 saturated heterocycles. The van der Waals surface area contributed by atoms with E-state index in [1.807, 2.05) is 73.9 Å². The summed E-state index contributed by atoms with van der Waals surface area (Å²) in [6.45, 7) is 6.45. The van der Waals surface area contributed by atoms with E-state index < -0.39 is 0 Å². The first-order chi connectivity index (χ1) is 14.6. The van der Waals surface area contributed by atoms with E-state index in [0.29, 0.717) is 23.2 Å². The van der Waals surface area contributed by atoms with Gasteiger partial charge in [0.2, 0.25) is 0 Å². The van der Waals surface area contributed by atoms with E-state index in [-0.39, 0.29) is 0 Å². The van der Waals surface area contributed by atoms with Gasteiger partial charge in [0.05, 0.1) is 17.3 Å². The summed E-state index contributed by atoms with van der Waals surface area (Å²) in [5.74, 6) is 3.00. The maximum atomic E-state index is 6.47. The molecular weight excluding hydrogens is 420 g/mol. The molecule has 0 N–H and O–H groups in total. The summed E-state index contributed by atoms with van der Waals surface area (Å²) in [5.41, 5.74) is 3.71. The van der Waals surface area contributed by atoms with Crippen molar-refractivity contribution < 1.29 is 9.26 Å².